The number of hydrogen-bond acceptors (Lipinski definition) is 3. The molecular formula is C16H25NO2. The van der Waals surface area contributed by atoms with Crippen LogP contribution in [0.25, 0.3) is 11.0 Å². The van der Waals surface area contributed by atoms with Crippen molar-refractivity contribution in [1.82, 2.24) is 5.32 Å². The van der Waals surface area contributed by atoms with Crippen molar-refractivity contribution in [2.24, 2.45) is 0 Å². The summed E-state index contributed by atoms with van der Waals surface area (Å²) in [4.78, 5) is 11.5. The molecule has 0 saturated heterocycles. The van der Waals surface area contributed by atoms with Crippen molar-refractivity contribution >= 4 is 11.0 Å². The standard InChI is InChI=1S/C12H12O2.C4H11N.H2/c1-8(2)10-7-9-5-3-4-6-11(9)14-12(10)13;1-4(2)5-3;/h3-8H,1-2H3;4-5H,1-3H3;1H. The fourth-order valence-corrected chi connectivity index (χ4v) is 1.48. The van der Waals surface area contributed by atoms with Gasteiger partial charge in [-0.25, -0.2) is 4.79 Å². The van der Waals surface area contributed by atoms with E-state index >= 15 is 0 Å². The van der Waals surface area contributed by atoms with Gasteiger partial charge in [0.1, 0.15) is 5.58 Å². The van der Waals surface area contributed by atoms with E-state index in [0.717, 1.165) is 10.9 Å². The summed E-state index contributed by atoms with van der Waals surface area (Å²) in [5.74, 6) is 0.204. The first-order valence-corrected chi connectivity index (χ1v) is 6.65. The van der Waals surface area contributed by atoms with Gasteiger partial charge >= 0.3 is 5.63 Å². The molecule has 1 heterocycles. The number of benzene rings is 1. The molecule has 0 radical (unpaired) electrons. The molecule has 0 spiro atoms. The van der Waals surface area contributed by atoms with Gasteiger partial charge in [0.05, 0.1) is 0 Å². The van der Waals surface area contributed by atoms with Crippen molar-refractivity contribution < 1.29 is 5.84 Å². The minimum absolute atomic E-state index is 0. The second-order valence-electron chi connectivity index (χ2n) is 5.13. The Hall–Kier alpha value is -1.61. The van der Waals surface area contributed by atoms with Gasteiger partial charge in [0, 0.05) is 18.4 Å². The Morgan fingerprint density at radius 1 is 1.16 bits per heavy atom. The molecule has 0 unspecified atom stereocenters. The number of hydrogen-bond donors (Lipinski definition) is 1. The number of fused-ring (bicyclic) bond motifs is 1. The van der Waals surface area contributed by atoms with Gasteiger partial charge in [-0.1, -0.05) is 45.9 Å². The van der Waals surface area contributed by atoms with E-state index in [1.807, 2.05) is 45.2 Å². The van der Waals surface area contributed by atoms with Gasteiger partial charge in [0.15, 0.2) is 0 Å². The lowest BCUT2D eigenvalue weighted by Gasteiger charge is -2.03. The molecule has 0 aliphatic rings. The highest BCUT2D eigenvalue weighted by molar-refractivity contribution is 5.76. The second-order valence-corrected chi connectivity index (χ2v) is 5.13. The summed E-state index contributed by atoms with van der Waals surface area (Å²) in [5.41, 5.74) is 1.17. The summed E-state index contributed by atoms with van der Waals surface area (Å²) in [5, 5.41) is 4.01. The van der Waals surface area contributed by atoms with Crippen molar-refractivity contribution in [3.63, 3.8) is 0 Å². The highest BCUT2D eigenvalue weighted by Gasteiger charge is 2.07. The summed E-state index contributed by atoms with van der Waals surface area (Å²) in [6.07, 6.45) is 0. The SMILES string of the molecule is CC(C)c1cc2ccccc2oc1=O.CNC(C)C.[HH]. The van der Waals surface area contributed by atoms with Crippen LogP contribution >= 0.6 is 0 Å². The molecule has 0 bridgehead atoms. The quantitative estimate of drug-likeness (QED) is 0.838. The smallest absolute Gasteiger partial charge is 0.339 e. The highest BCUT2D eigenvalue weighted by atomic mass is 16.4. The van der Waals surface area contributed by atoms with Crippen LogP contribution in [-0.4, -0.2) is 13.1 Å². The second kappa shape index (κ2) is 7.10. The van der Waals surface area contributed by atoms with Crippen molar-refractivity contribution in [2.75, 3.05) is 7.05 Å². The maximum Gasteiger partial charge on any atom is 0.339 e. The molecule has 0 atom stereocenters. The molecule has 2 aromatic rings. The first kappa shape index (κ1) is 15.4. The summed E-state index contributed by atoms with van der Waals surface area (Å²) in [7, 11) is 1.95. The third-order valence-electron chi connectivity index (χ3n) is 2.87. The molecule has 1 aromatic carbocycles. The molecule has 0 aliphatic carbocycles. The maximum atomic E-state index is 11.5. The largest absolute Gasteiger partial charge is 0.423 e. The Morgan fingerprint density at radius 2 is 1.74 bits per heavy atom. The van der Waals surface area contributed by atoms with Crippen molar-refractivity contribution in [1.29, 1.82) is 0 Å². The van der Waals surface area contributed by atoms with E-state index in [1.54, 1.807) is 6.07 Å². The van der Waals surface area contributed by atoms with Crippen LogP contribution in [0.15, 0.2) is 39.5 Å². The summed E-state index contributed by atoms with van der Waals surface area (Å²) < 4.78 is 5.20. The first-order valence-electron chi connectivity index (χ1n) is 6.65. The van der Waals surface area contributed by atoms with Gasteiger partial charge in [-0.3, -0.25) is 0 Å². The molecule has 1 N–H and O–H groups in total. The van der Waals surface area contributed by atoms with Gasteiger partial charge in [0.25, 0.3) is 0 Å². The molecule has 0 saturated carbocycles. The zero-order valence-corrected chi connectivity index (χ0v) is 12.4. The van der Waals surface area contributed by atoms with Crippen LogP contribution in [0.1, 0.15) is 40.6 Å². The summed E-state index contributed by atoms with van der Waals surface area (Å²) in [6, 6.07) is 10.1. The van der Waals surface area contributed by atoms with Crippen LogP contribution in [0.2, 0.25) is 0 Å². The minimum Gasteiger partial charge on any atom is -0.423 e. The van der Waals surface area contributed by atoms with Crippen molar-refractivity contribution in [3.05, 3.63) is 46.3 Å². The Kier molecular flexibility index (Phi) is 5.77. The van der Waals surface area contributed by atoms with Crippen molar-refractivity contribution in [3.8, 4) is 0 Å². The summed E-state index contributed by atoms with van der Waals surface area (Å²) >= 11 is 0. The Balaban J connectivity index is 0.000000526. The van der Waals surface area contributed by atoms with E-state index in [2.05, 4.69) is 19.2 Å². The lowest BCUT2D eigenvalue weighted by Crippen LogP contribution is -2.15. The van der Waals surface area contributed by atoms with E-state index < -0.39 is 0 Å². The molecule has 0 fully saturated rings. The van der Waals surface area contributed by atoms with Gasteiger partial charge in [-0.2, -0.15) is 0 Å². The van der Waals surface area contributed by atoms with E-state index in [-0.39, 0.29) is 13.0 Å². The fraction of sp³-hybridized carbons (Fsp3) is 0.438. The Bertz CT molecular complexity index is 576. The molecule has 0 aliphatic heterocycles. The minimum atomic E-state index is -0.223. The highest BCUT2D eigenvalue weighted by Crippen LogP contribution is 2.17. The Labute approximate surface area is 116 Å². The van der Waals surface area contributed by atoms with Gasteiger partial charge in [0.2, 0.25) is 0 Å². The normalized spacial score (nSPS) is 10.7. The molecular weight excluding hydrogens is 238 g/mol. The van der Waals surface area contributed by atoms with Gasteiger partial charge < -0.3 is 9.73 Å². The van der Waals surface area contributed by atoms with Crippen LogP contribution < -0.4 is 10.9 Å². The molecule has 106 valence electrons. The third-order valence-corrected chi connectivity index (χ3v) is 2.87. The molecule has 3 heteroatoms. The zero-order chi connectivity index (χ0) is 14.4. The summed E-state index contributed by atoms with van der Waals surface area (Å²) in [6.45, 7) is 8.20. The molecule has 2 rings (SSSR count). The van der Waals surface area contributed by atoms with Crippen molar-refractivity contribution in [2.45, 2.75) is 39.7 Å². The molecule has 3 nitrogen and oxygen atoms in total. The van der Waals surface area contributed by atoms with Crippen LogP contribution in [0.3, 0.4) is 0 Å². The van der Waals surface area contributed by atoms with E-state index in [1.165, 1.54) is 0 Å². The predicted octanol–water partition coefficient (Wildman–Crippen LogP) is 3.78. The van der Waals surface area contributed by atoms with Gasteiger partial charge in [-0.05, 0) is 25.1 Å². The van der Waals surface area contributed by atoms with Crippen LogP contribution in [-0.2, 0) is 0 Å². The molecule has 1 aromatic heterocycles. The van der Waals surface area contributed by atoms with Gasteiger partial charge in [-0.15, -0.1) is 0 Å². The molecule has 0 amide bonds. The average molecular weight is 263 g/mol. The topological polar surface area (TPSA) is 42.2 Å². The monoisotopic (exact) mass is 263 g/mol. The fourth-order valence-electron chi connectivity index (χ4n) is 1.48. The predicted molar refractivity (Wildman–Crippen MR) is 82.9 cm³/mol. The van der Waals surface area contributed by atoms with E-state index in [9.17, 15) is 4.79 Å². The average Bonchev–Trinajstić information content (AvgIpc) is 2.38. The van der Waals surface area contributed by atoms with Crippen LogP contribution in [0.5, 0.6) is 0 Å². The number of nitrogens with one attached hydrogen (secondary N) is 1. The lowest BCUT2D eigenvalue weighted by atomic mass is 10.0. The number of rotatable bonds is 2. The van der Waals surface area contributed by atoms with E-state index in [4.69, 9.17) is 4.42 Å². The maximum absolute atomic E-state index is 11.5. The number of para-hydroxylation sites is 1. The third kappa shape index (κ3) is 4.52. The van der Waals surface area contributed by atoms with Crippen LogP contribution in [0, 0.1) is 0 Å². The first-order chi connectivity index (χ1) is 8.95. The van der Waals surface area contributed by atoms with Crippen LogP contribution in [0.4, 0.5) is 0 Å². The molecule has 19 heavy (non-hydrogen) atoms. The lowest BCUT2D eigenvalue weighted by molar-refractivity contribution is 0.544. The van der Waals surface area contributed by atoms with E-state index in [0.29, 0.717) is 11.6 Å². The Morgan fingerprint density at radius 3 is 2.26 bits per heavy atom. The zero-order valence-electron chi connectivity index (χ0n) is 12.4.